The Morgan fingerprint density at radius 3 is 2.76 bits per heavy atom. The van der Waals surface area contributed by atoms with E-state index in [1.165, 1.54) is 0 Å². The maximum atomic E-state index is 5.02. The summed E-state index contributed by atoms with van der Waals surface area (Å²) in [6.07, 6.45) is 1.80. The fourth-order valence-electron chi connectivity index (χ4n) is 1.73. The smallest absolute Gasteiger partial charge is 0.191 e. The molecule has 0 bridgehead atoms. The van der Waals surface area contributed by atoms with Crippen LogP contribution in [0.1, 0.15) is 12.5 Å². The molecular formula is C14H26IN5O. The van der Waals surface area contributed by atoms with Crippen molar-refractivity contribution in [3.05, 3.63) is 23.9 Å². The van der Waals surface area contributed by atoms with Crippen molar-refractivity contribution < 1.29 is 4.74 Å². The lowest BCUT2D eigenvalue weighted by atomic mass is 10.2. The van der Waals surface area contributed by atoms with E-state index >= 15 is 0 Å². The second-order valence-electron chi connectivity index (χ2n) is 4.50. The summed E-state index contributed by atoms with van der Waals surface area (Å²) in [6.45, 7) is 4.84. The molecular weight excluding hydrogens is 381 g/mol. The fraction of sp³-hybridized carbons (Fsp3) is 0.571. The van der Waals surface area contributed by atoms with Crippen molar-refractivity contribution >= 4 is 35.8 Å². The van der Waals surface area contributed by atoms with E-state index in [0.717, 1.165) is 30.4 Å². The van der Waals surface area contributed by atoms with Crippen molar-refractivity contribution in [2.75, 3.05) is 45.8 Å². The zero-order valence-electron chi connectivity index (χ0n) is 13.2. The molecule has 7 heteroatoms. The summed E-state index contributed by atoms with van der Waals surface area (Å²) >= 11 is 0. The molecule has 0 radical (unpaired) electrons. The molecule has 1 aromatic heterocycles. The number of pyridine rings is 1. The van der Waals surface area contributed by atoms with Gasteiger partial charge in [0.05, 0.1) is 13.2 Å². The molecule has 0 saturated heterocycles. The Labute approximate surface area is 144 Å². The number of nitrogens with zero attached hydrogens (tertiary/aromatic N) is 3. The number of guanidine groups is 1. The van der Waals surface area contributed by atoms with Crippen LogP contribution < -0.4 is 15.5 Å². The average Bonchev–Trinajstić information content (AvgIpc) is 2.45. The number of hydrogen-bond donors (Lipinski definition) is 2. The Morgan fingerprint density at radius 1 is 1.38 bits per heavy atom. The summed E-state index contributed by atoms with van der Waals surface area (Å²) in [5.74, 6) is 1.74. The molecule has 0 atom stereocenters. The molecule has 2 N–H and O–H groups in total. The standard InChI is InChI=1S/C14H25N5O.HI/c1-5-15-14(17-9-10-20-4)18-11-12-7-6-8-16-13(12)19(2)3;/h6-8H,5,9-11H2,1-4H3,(H2,15,17,18);1H. The van der Waals surface area contributed by atoms with E-state index in [2.05, 4.69) is 20.6 Å². The number of nitrogens with one attached hydrogen (secondary N) is 2. The van der Waals surface area contributed by atoms with E-state index in [-0.39, 0.29) is 24.0 Å². The van der Waals surface area contributed by atoms with Gasteiger partial charge in [-0.1, -0.05) is 6.07 Å². The van der Waals surface area contributed by atoms with Crippen LogP contribution in [-0.4, -0.2) is 51.8 Å². The van der Waals surface area contributed by atoms with Crippen LogP contribution in [0.3, 0.4) is 0 Å². The number of anilines is 1. The minimum atomic E-state index is 0. The third-order valence-electron chi connectivity index (χ3n) is 2.64. The number of rotatable bonds is 7. The third-order valence-corrected chi connectivity index (χ3v) is 2.64. The van der Waals surface area contributed by atoms with Crippen LogP contribution in [0.5, 0.6) is 0 Å². The van der Waals surface area contributed by atoms with Crippen molar-refractivity contribution in [1.29, 1.82) is 0 Å². The van der Waals surface area contributed by atoms with Crippen LogP contribution in [0, 0.1) is 0 Å². The highest BCUT2D eigenvalue weighted by Gasteiger charge is 2.05. The van der Waals surface area contributed by atoms with Crippen molar-refractivity contribution in [2.45, 2.75) is 13.5 Å². The van der Waals surface area contributed by atoms with Crippen LogP contribution in [0.2, 0.25) is 0 Å². The second-order valence-corrected chi connectivity index (χ2v) is 4.50. The molecule has 0 aromatic carbocycles. The molecule has 0 aliphatic heterocycles. The molecule has 0 amide bonds. The van der Waals surface area contributed by atoms with Gasteiger partial charge in [-0.3, -0.25) is 0 Å². The Balaban J connectivity index is 0.00000400. The lowest BCUT2D eigenvalue weighted by Crippen LogP contribution is -2.38. The van der Waals surface area contributed by atoms with Crippen molar-refractivity contribution in [2.24, 2.45) is 4.99 Å². The summed E-state index contributed by atoms with van der Waals surface area (Å²) < 4.78 is 5.02. The molecule has 120 valence electrons. The number of aromatic nitrogens is 1. The summed E-state index contributed by atoms with van der Waals surface area (Å²) in [5, 5.41) is 6.43. The minimum absolute atomic E-state index is 0. The lowest BCUT2D eigenvalue weighted by molar-refractivity contribution is 0.203. The first-order valence-corrected chi connectivity index (χ1v) is 6.81. The zero-order chi connectivity index (χ0) is 14.8. The van der Waals surface area contributed by atoms with Gasteiger partial charge in [0.25, 0.3) is 0 Å². The van der Waals surface area contributed by atoms with Gasteiger partial charge in [0.2, 0.25) is 0 Å². The first-order valence-electron chi connectivity index (χ1n) is 6.81. The molecule has 0 unspecified atom stereocenters. The number of ether oxygens (including phenoxy) is 1. The molecule has 0 spiro atoms. The molecule has 0 aliphatic carbocycles. The summed E-state index contributed by atoms with van der Waals surface area (Å²) in [5.41, 5.74) is 1.10. The average molecular weight is 407 g/mol. The normalized spacial score (nSPS) is 10.8. The van der Waals surface area contributed by atoms with Crippen molar-refractivity contribution in [3.8, 4) is 0 Å². The van der Waals surface area contributed by atoms with Gasteiger partial charge in [0.15, 0.2) is 5.96 Å². The first-order chi connectivity index (χ1) is 9.69. The van der Waals surface area contributed by atoms with Gasteiger partial charge in [-0.05, 0) is 13.0 Å². The molecule has 1 heterocycles. The quantitative estimate of drug-likeness (QED) is 0.310. The fourth-order valence-corrected chi connectivity index (χ4v) is 1.73. The highest BCUT2D eigenvalue weighted by molar-refractivity contribution is 14.0. The Bertz CT molecular complexity index is 426. The van der Waals surface area contributed by atoms with Crippen LogP contribution in [0.25, 0.3) is 0 Å². The van der Waals surface area contributed by atoms with E-state index in [0.29, 0.717) is 13.2 Å². The first kappa shape index (κ1) is 19.9. The van der Waals surface area contributed by atoms with Gasteiger partial charge in [-0.25, -0.2) is 9.98 Å². The van der Waals surface area contributed by atoms with Crippen molar-refractivity contribution in [1.82, 2.24) is 15.6 Å². The third kappa shape index (κ3) is 7.47. The largest absolute Gasteiger partial charge is 0.383 e. The summed E-state index contributed by atoms with van der Waals surface area (Å²) in [6, 6.07) is 3.98. The van der Waals surface area contributed by atoms with E-state index in [9.17, 15) is 0 Å². The predicted molar refractivity (Wildman–Crippen MR) is 98.7 cm³/mol. The van der Waals surface area contributed by atoms with E-state index in [1.54, 1.807) is 13.3 Å². The number of halogens is 1. The Morgan fingerprint density at radius 2 is 2.14 bits per heavy atom. The van der Waals surface area contributed by atoms with Crippen LogP contribution in [-0.2, 0) is 11.3 Å². The number of hydrogen-bond acceptors (Lipinski definition) is 4. The Kier molecular flexibility index (Phi) is 11.0. The van der Waals surface area contributed by atoms with E-state index in [4.69, 9.17) is 4.74 Å². The van der Waals surface area contributed by atoms with Crippen LogP contribution in [0.15, 0.2) is 23.3 Å². The second kappa shape index (κ2) is 11.6. The SMILES string of the molecule is CCNC(=NCc1cccnc1N(C)C)NCCOC.I. The molecule has 0 saturated carbocycles. The van der Waals surface area contributed by atoms with Crippen LogP contribution in [0.4, 0.5) is 5.82 Å². The van der Waals surface area contributed by atoms with Crippen molar-refractivity contribution in [3.63, 3.8) is 0 Å². The molecule has 0 aliphatic rings. The lowest BCUT2D eigenvalue weighted by Gasteiger charge is -2.15. The van der Waals surface area contributed by atoms with E-state index in [1.807, 2.05) is 38.1 Å². The van der Waals surface area contributed by atoms with Gasteiger partial charge in [0, 0.05) is 46.1 Å². The van der Waals surface area contributed by atoms with Gasteiger partial charge in [0.1, 0.15) is 5.82 Å². The summed E-state index contributed by atoms with van der Waals surface area (Å²) in [7, 11) is 5.65. The summed E-state index contributed by atoms with van der Waals surface area (Å²) in [4.78, 5) is 10.9. The topological polar surface area (TPSA) is 61.8 Å². The maximum absolute atomic E-state index is 5.02. The van der Waals surface area contributed by atoms with Gasteiger partial charge in [-0.2, -0.15) is 0 Å². The van der Waals surface area contributed by atoms with Gasteiger partial charge < -0.3 is 20.3 Å². The van der Waals surface area contributed by atoms with Crippen LogP contribution >= 0.6 is 24.0 Å². The number of aliphatic imine (C=N–C) groups is 1. The van der Waals surface area contributed by atoms with Gasteiger partial charge >= 0.3 is 0 Å². The molecule has 1 aromatic rings. The van der Waals surface area contributed by atoms with E-state index < -0.39 is 0 Å². The maximum Gasteiger partial charge on any atom is 0.191 e. The predicted octanol–water partition coefficient (Wildman–Crippen LogP) is 1.47. The monoisotopic (exact) mass is 407 g/mol. The zero-order valence-corrected chi connectivity index (χ0v) is 15.5. The molecule has 21 heavy (non-hydrogen) atoms. The molecule has 6 nitrogen and oxygen atoms in total. The highest BCUT2D eigenvalue weighted by atomic mass is 127. The molecule has 1 rings (SSSR count). The number of methoxy groups -OCH3 is 1. The minimum Gasteiger partial charge on any atom is -0.383 e. The Hall–Kier alpha value is -1.09. The highest BCUT2D eigenvalue weighted by Crippen LogP contribution is 2.15. The molecule has 0 fully saturated rings. The van der Waals surface area contributed by atoms with Gasteiger partial charge in [-0.15, -0.1) is 24.0 Å².